The average molecular weight is 401 g/mol. The summed E-state index contributed by atoms with van der Waals surface area (Å²) in [6.45, 7) is 4.12. The zero-order valence-corrected chi connectivity index (χ0v) is 16.1. The maximum absolute atomic E-state index is 12.6. The summed E-state index contributed by atoms with van der Waals surface area (Å²) in [7, 11) is 0. The molecule has 0 unspecified atom stereocenters. The lowest BCUT2D eigenvalue weighted by Crippen LogP contribution is -2.31. The number of hydrogen-bond acceptors (Lipinski definition) is 8. The highest BCUT2D eigenvalue weighted by molar-refractivity contribution is 7.99. The first-order valence-electron chi connectivity index (χ1n) is 8.89. The molecule has 8 nitrogen and oxygen atoms in total. The lowest BCUT2D eigenvalue weighted by Gasteiger charge is -2.23. The average Bonchev–Trinajstić information content (AvgIpc) is 3.41. The van der Waals surface area contributed by atoms with Crippen LogP contribution in [0.15, 0.2) is 50.7 Å². The summed E-state index contributed by atoms with van der Waals surface area (Å²) in [5, 5.41) is 8.20. The van der Waals surface area contributed by atoms with Gasteiger partial charge in [-0.2, -0.15) is 0 Å². The molecule has 2 aromatic heterocycles. The van der Waals surface area contributed by atoms with Crippen LogP contribution >= 0.6 is 11.8 Å². The minimum absolute atomic E-state index is 0.0138. The predicted molar refractivity (Wildman–Crippen MR) is 101 cm³/mol. The van der Waals surface area contributed by atoms with E-state index in [1.807, 2.05) is 25.1 Å². The van der Waals surface area contributed by atoms with E-state index in [0.29, 0.717) is 43.2 Å². The fraction of sp³-hybridized carbons (Fsp3) is 0.316. The van der Waals surface area contributed by atoms with Gasteiger partial charge < -0.3 is 23.2 Å². The third-order valence-electron chi connectivity index (χ3n) is 4.17. The summed E-state index contributed by atoms with van der Waals surface area (Å²) in [6.07, 6.45) is 1.53. The molecular weight excluding hydrogens is 382 g/mol. The quantitative estimate of drug-likeness (QED) is 0.557. The molecule has 28 heavy (non-hydrogen) atoms. The Morgan fingerprint density at radius 3 is 2.82 bits per heavy atom. The molecule has 3 aromatic rings. The molecule has 1 amide bonds. The molecule has 1 aliphatic rings. The first-order valence-corrected chi connectivity index (χ1v) is 9.88. The standard InChI is InChI=1S/C19H19N3O5S/c1-2-22(11-13-5-6-14-16(10-13)26-9-8-25-14)17(23)12-28-19-21-20-18(27-19)15-4-3-7-24-15/h3-7,10H,2,8-9,11-12H2,1H3. The number of nitrogens with zero attached hydrogens (tertiary/aromatic N) is 3. The van der Waals surface area contributed by atoms with Crippen molar-refractivity contribution in [1.82, 2.24) is 15.1 Å². The van der Waals surface area contributed by atoms with Crippen LogP contribution in [0.5, 0.6) is 11.5 Å². The number of fused-ring (bicyclic) bond motifs is 1. The van der Waals surface area contributed by atoms with Crippen LogP contribution in [0.1, 0.15) is 12.5 Å². The second-order valence-corrected chi connectivity index (χ2v) is 6.95. The number of carbonyl (C=O) groups excluding carboxylic acids is 1. The first kappa shape index (κ1) is 18.4. The van der Waals surface area contributed by atoms with Crippen LogP contribution in [-0.2, 0) is 11.3 Å². The van der Waals surface area contributed by atoms with Gasteiger partial charge in [-0.15, -0.1) is 10.2 Å². The monoisotopic (exact) mass is 401 g/mol. The number of rotatable bonds is 7. The van der Waals surface area contributed by atoms with Crippen LogP contribution < -0.4 is 9.47 Å². The van der Waals surface area contributed by atoms with Gasteiger partial charge in [0.15, 0.2) is 17.3 Å². The zero-order chi connectivity index (χ0) is 19.3. The summed E-state index contributed by atoms with van der Waals surface area (Å²) in [6, 6.07) is 9.23. The second-order valence-electron chi connectivity index (χ2n) is 6.03. The highest BCUT2D eigenvalue weighted by Crippen LogP contribution is 2.31. The summed E-state index contributed by atoms with van der Waals surface area (Å²) in [5.74, 6) is 2.45. The van der Waals surface area contributed by atoms with Crippen LogP contribution in [0, 0.1) is 0 Å². The van der Waals surface area contributed by atoms with E-state index in [0.717, 1.165) is 17.1 Å². The number of aromatic nitrogens is 2. The lowest BCUT2D eigenvalue weighted by molar-refractivity contribution is -0.128. The Labute approximate surface area is 165 Å². The minimum Gasteiger partial charge on any atom is -0.486 e. The SMILES string of the molecule is CCN(Cc1ccc2c(c1)OCCO2)C(=O)CSc1nnc(-c2ccco2)o1. The van der Waals surface area contributed by atoms with Gasteiger partial charge in [0.2, 0.25) is 5.91 Å². The molecule has 0 radical (unpaired) electrons. The number of thioether (sulfide) groups is 1. The lowest BCUT2D eigenvalue weighted by atomic mass is 10.2. The van der Waals surface area contributed by atoms with Crippen LogP contribution in [0.2, 0.25) is 0 Å². The van der Waals surface area contributed by atoms with Gasteiger partial charge in [0.1, 0.15) is 13.2 Å². The Balaban J connectivity index is 1.35. The smallest absolute Gasteiger partial charge is 0.284 e. The van der Waals surface area contributed by atoms with Crippen molar-refractivity contribution in [3.63, 3.8) is 0 Å². The van der Waals surface area contributed by atoms with Crippen molar-refractivity contribution in [3.8, 4) is 23.1 Å². The highest BCUT2D eigenvalue weighted by Gasteiger charge is 2.18. The number of hydrogen-bond donors (Lipinski definition) is 0. The molecule has 0 spiro atoms. The largest absolute Gasteiger partial charge is 0.486 e. The van der Waals surface area contributed by atoms with E-state index < -0.39 is 0 Å². The van der Waals surface area contributed by atoms with Crippen LogP contribution in [0.4, 0.5) is 0 Å². The number of ether oxygens (including phenoxy) is 2. The maximum atomic E-state index is 12.6. The molecule has 1 aliphatic heterocycles. The van der Waals surface area contributed by atoms with Gasteiger partial charge >= 0.3 is 0 Å². The van der Waals surface area contributed by atoms with Gasteiger partial charge in [0.25, 0.3) is 11.1 Å². The van der Waals surface area contributed by atoms with Gasteiger partial charge in [0, 0.05) is 13.1 Å². The highest BCUT2D eigenvalue weighted by atomic mass is 32.2. The molecule has 0 N–H and O–H groups in total. The molecule has 0 atom stereocenters. The van der Waals surface area contributed by atoms with Crippen molar-refractivity contribution in [2.24, 2.45) is 0 Å². The van der Waals surface area contributed by atoms with Gasteiger partial charge in [0.05, 0.1) is 12.0 Å². The molecule has 0 bridgehead atoms. The summed E-state index contributed by atoms with van der Waals surface area (Å²) in [5.41, 5.74) is 0.988. The fourth-order valence-corrected chi connectivity index (χ4v) is 3.43. The minimum atomic E-state index is -0.0138. The Hall–Kier alpha value is -2.94. The molecular formula is C19H19N3O5S. The molecule has 0 saturated heterocycles. The van der Waals surface area contributed by atoms with E-state index in [1.165, 1.54) is 18.0 Å². The van der Waals surface area contributed by atoms with Crippen LogP contribution in [0.3, 0.4) is 0 Å². The normalized spacial score (nSPS) is 12.8. The van der Waals surface area contributed by atoms with Crippen molar-refractivity contribution in [2.75, 3.05) is 25.5 Å². The molecule has 3 heterocycles. The second kappa shape index (κ2) is 8.39. The number of benzene rings is 1. The predicted octanol–water partition coefficient (Wildman–Crippen LogP) is 3.24. The molecule has 146 valence electrons. The van der Waals surface area contributed by atoms with Crippen molar-refractivity contribution in [3.05, 3.63) is 42.2 Å². The number of carbonyl (C=O) groups is 1. The van der Waals surface area contributed by atoms with Crippen molar-refractivity contribution in [1.29, 1.82) is 0 Å². The van der Waals surface area contributed by atoms with E-state index in [2.05, 4.69) is 10.2 Å². The fourth-order valence-electron chi connectivity index (χ4n) is 2.77. The molecule has 1 aromatic carbocycles. The molecule has 4 rings (SSSR count). The Morgan fingerprint density at radius 2 is 2.04 bits per heavy atom. The summed E-state index contributed by atoms with van der Waals surface area (Å²) >= 11 is 1.21. The number of amides is 1. The maximum Gasteiger partial charge on any atom is 0.284 e. The van der Waals surface area contributed by atoms with Gasteiger partial charge in [-0.1, -0.05) is 17.8 Å². The van der Waals surface area contributed by atoms with E-state index in [9.17, 15) is 4.79 Å². The van der Waals surface area contributed by atoms with E-state index in [1.54, 1.807) is 17.0 Å². The topological polar surface area (TPSA) is 90.8 Å². The van der Waals surface area contributed by atoms with Gasteiger partial charge in [-0.25, -0.2) is 0 Å². The third kappa shape index (κ3) is 4.14. The molecule has 0 aliphatic carbocycles. The molecule has 9 heteroatoms. The summed E-state index contributed by atoms with van der Waals surface area (Å²) in [4.78, 5) is 14.4. The van der Waals surface area contributed by atoms with E-state index in [-0.39, 0.29) is 11.7 Å². The van der Waals surface area contributed by atoms with Crippen molar-refractivity contribution >= 4 is 17.7 Å². The molecule has 0 fully saturated rings. The van der Waals surface area contributed by atoms with Crippen molar-refractivity contribution < 1.29 is 23.1 Å². The van der Waals surface area contributed by atoms with Crippen LogP contribution in [-0.4, -0.2) is 46.5 Å². The van der Waals surface area contributed by atoms with E-state index >= 15 is 0 Å². The van der Waals surface area contributed by atoms with E-state index in [4.69, 9.17) is 18.3 Å². The molecule has 0 saturated carbocycles. The zero-order valence-electron chi connectivity index (χ0n) is 15.3. The Kier molecular flexibility index (Phi) is 5.52. The Morgan fingerprint density at radius 1 is 1.18 bits per heavy atom. The van der Waals surface area contributed by atoms with Gasteiger partial charge in [-0.05, 0) is 36.8 Å². The number of furan rings is 1. The van der Waals surface area contributed by atoms with Crippen LogP contribution in [0.25, 0.3) is 11.7 Å². The van der Waals surface area contributed by atoms with Gasteiger partial charge in [-0.3, -0.25) is 4.79 Å². The third-order valence-corrected chi connectivity index (χ3v) is 4.98. The van der Waals surface area contributed by atoms with Crippen molar-refractivity contribution in [2.45, 2.75) is 18.7 Å². The first-order chi connectivity index (χ1) is 13.7. The summed E-state index contributed by atoms with van der Waals surface area (Å²) < 4.78 is 21.9. The Bertz CT molecular complexity index is 941.